The molecule has 4 rings (SSSR count). The summed E-state index contributed by atoms with van der Waals surface area (Å²) in [6, 6.07) is 8.76. The number of nitrogens with zero attached hydrogens (tertiary/aromatic N) is 2. The fourth-order valence-corrected chi connectivity index (χ4v) is 4.72. The van der Waals surface area contributed by atoms with Crippen LogP contribution in [-0.2, 0) is 4.79 Å². The Balaban J connectivity index is 1.36. The minimum atomic E-state index is -0.0114. The van der Waals surface area contributed by atoms with Crippen LogP contribution in [0.15, 0.2) is 24.3 Å². The van der Waals surface area contributed by atoms with Crippen LogP contribution < -0.4 is 5.32 Å². The summed E-state index contributed by atoms with van der Waals surface area (Å²) in [5.74, 6) is 0.157. The molecule has 6 heteroatoms. The Morgan fingerprint density at radius 2 is 1.93 bits per heavy atom. The highest BCUT2D eigenvalue weighted by molar-refractivity contribution is 5.98. The van der Waals surface area contributed by atoms with E-state index in [2.05, 4.69) is 28.2 Å². The second kappa shape index (κ2) is 7.95. The van der Waals surface area contributed by atoms with Crippen LogP contribution in [0.3, 0.4) is 0 Å². The molecule has 6 nitrogen and oxygen atoms in total. The average molecular weight is 383 g/mol. The van der Waals surface area contributed by atoms with Gasteiger partial charge in [-0.15, -0.1) is 0 Å². The molecule has 1 aliphatic carbocycles. The van der Waals surface area contributed by atoms with Crippen molar-refractivity contribution in [2.24, 2.45) is 0 Å². The number of fused-ring (bicyclic) bond motifs is 1. The van der Waals surface area contributed by atoms with Crippen molar-refractivity contribution in [3.05, 3.63) is 35.5 Å². The molecule has 1 aromatic heterocycles. The van der Waals surface area contributed by atoms with E-state index in [9.17, 15) is 9.59 Å². The van der Waals surface area contributed by atoms with Gasteiger partial charge in [0.15, 0.2) is 0 Å². The van der Waals surface area contributed by atoms with E-state index in [0.717, 1.165) is 61.9 Å². The molecule has 2 fully saturated rings. The van der Waals surface area contributed by atoms with Crippen molar-refractivity contribution in [3.8, 4) is 0 Å². The van der Waals surface area contributed by atoms with Crippen LogP contribution in [0.4, 0.5) is 0 Å². The van der Waals surface area contributed by atoms with Crippen molar-refractivity contribution in [1.29, 1.82) is 0 Å². The molecule has 2 N–H and O–H groups in total. The predicted octanol–water partition coefficient (Wildman–Crippen LogP) is 2.68. The molecule has 2 heterocycles. The molecule has 2 amide bonds. The Morgan fingerprint density at radius 1 is 1.14 bits per heavy atom. The number of carbonyl (C=O) groups is 2. The minimum Gasteiger partial charge on any atom is -0.350 e. The zero-order valence-electron chi connectivity index (χ0n) is 16.8. The summed E-state index contributed by atoms with van der Waals surface area (Å²) in [5, 5.41) is 4.33. The van der Waals surface area contributed by atoms with Gasteiger partial charge >= 0.3 is 0 Å². The highest BCUT2D eigenvalue weighted by Gasteiger charge is 2.30. The van der Waals surface area contributed by atoms with Crippen molar-refractivity contribution < 1.29 is 9.59 Å². The minimum absolute atomic E-state index is 0.0114. The number of amides is 2. The SMILES string of the molecule is CC(=O)N1CCN([C@@H]2CCC[C@@H](NC(=O)c3cc4cccc(C)c4[nH]3)C2)CC1. The first-order valence-electron chi connectivity index (χ1n) is 10.4. The van der Waals surface area contributed by atoms with Crippen LogP contribution in [0.2, 0.25) is 0 Å². The van der Waals surface area contributed by atoms with Crippen molar-refractivity contribution in [1.82, 2.24) is 20.1 Å². The summed E-state index contributed by atoms with van der Waals surface area (Å²) in [6.45, 7) is 7.21. The highest BCUT2D eigenvalue weighted by atomic mass is 16.2. The zero-order chi connectivity index (χ0) is 19.7. The first-order valence-corrected chi connectivity index (χ1v) is 10.4. The van der Waals surface area contributed by atoms with Gasteiger partial charge in [0.05, 0.1) is 0 Å². The lowest BCUT2D eigenvalue weighted by molar-refractivity contribution is -0.131. The van der Waals surface area contributed by atoms with Crippen LogP contribution in [-0.4, -0.2) is 64.9 Å². The maximum atomic E-state index is 12.8. The Bertz CT molecular complexity index is 867. The molecule has 0 radical (unpaired) electrons. The second-order valence-electron chi connectivity index (χ2n) is 8.26. The maximum Gasteiger partial charge on any atom is 0.267 e. The van der Waals surface area contributed by atoms with E-state index in [1.54, 1.807) is 6.92 Å². The van der Waals surface area contributed by atoms with Gasteiger partial charge in [-0.25, -0.2) is 0 Å². The molecule has 28 heavy (non-hydrogen) atoms. The molecular weight excluding hydrogens is 352 g/mol. The third-order valence-corrected chi connectivity index (χ3v) is 6.37. The van der Waals surface area contributed by atoms with E-state index in [1.807, 2.05) is 23.1 Å². The van der Waals surface area contributed by atoms with E-state index in [0.29, 0.717) is 11.7 Å². The Morgan fingerprint density at radius 3 is 2.64 bits per heavy atom. The fourth-order valence-electron chi connectivity index (χ4n) is 4.72. The van der Waals surface area contributed by atoms with Crippen LogP contribution in [0.1, 0.15) is 48.7 Å². The number of para-hydroxylation sites is 1. The smallest absolute Gasteiger partial charge is 0.267 e. The second-order valence-corrected chi connectivity index (χ2v) is 8.26. The van der Waals surface area contributed by atoms with Gasteiger partial charge < -0.3 is 15.2 Å². The van der Waals surface area contributed by atoms with Crippen LogP contribution in [0.25, 0.3) is 10.9 Å². The molecule has 0 bridgehead atoms. The molecule has 0 spiro atoms. The fraction of sp³-hybridized carbons (Fsp3) is 0.545. The van der Waals surface area contributed by atoms with Gasteiger partial charge in [-0.1, -0.05) is 18.2 Å². The molecule has 1 saturated heterocycles. The third kappa shape index (κ3) is 3.92. The average Bonchev–Trinajstić information content (AvgIpc) is 3.14. The monoisotopic (exact) mass is 382 g/mol. The number of hydrogen-bond acceptors (Lipinski definition) is 3. The highest BCUT2D eigenvalue weighted by Crippen LogP contribution is 2.25. The summed E-state index contributed by atoms with van der Waals surface area (Å²) in [7, 11) is 0. The Kier molecular flexibility index (Phi) is 5.40. The molecule has 150 valence electrons. The number of aromatic amines is 1. The number of H-pyrrole nitrogens is 1. The van der Waals surface area contributed by atoms with Crippen LogP contribution >= 0.6 is 0 Å². The number of nitrogens with one attached hydrogen (secondary N) is 2. The van der Waals surface area contributed by atoms with E-state index in [1.165, 1.54) is 6.42 Å². The number of rotatable bonds is 3. The van der Waals surface area contributed by atoms with E-state index in [-0.39, 0.29) is 17.9 Å². The largest absolute Gasteiger partial charge is 0.350 e. The normalized spacial score (nSPS) is 23.7. The molecule has 2 aromatic rings. The zero-order valence-corrected chi connectivity index (χ0v) is 16.8. The number of benzene rings is 1. The number of piperazine rings is 1. The van der Waals surface area contributed by atoms with Gasteiger partial charge in [0.1, 0.15) is 5.69 Å². The molecule has 2 atom stereocenters. The van der Waals surface area contributed by atoms with Gasteiger partial charge in [0.25, 0.3) is 5.91 Å². The first kappa shape index (κ1) is 19.0. The predicted molar refractivity (Wildman–Crippen MR) is 110 cm³/mol. The standard InChI is InChI=1S/C22H30N4O2/c1-15-5-3-6-17-13-20(24-21(15)17)22(28)23-18-7-4-8-19(14-18)26-11-9-25(10-12-26)16(2)27/h3,5-6,13,18-19,24H,4,7-12,14H2,1-2H3,(H,23,28)/t18-,19-/m1/s1. The van der Waals surface area contributed by atoms with E-state index < -0.39 is 0 Å². The first-order chi connectivity index (χ1) is 13.5. The van der Waals surface area contributed by atoms with Crippen molar-refractivity contribution in [3.63, 3.8) is 0 Å². The van der Waals surface area contributed by atoms with Crippen LogP contribution in [0.5, 0.6) is 0 Å². The van der Waals surface area contributed by atoms with E-state index >= 15 is 0 Å². The Labute approximate surface area is 166 Å². The number of carbonyl (C=O) groups excluding carboxylic acids is 2. The van der Waals surface area contributed by atoms with Crippen molar-refractivity contribution in [2.45, 2.75) is 51.6 Å². The molecule has 1 aromatic carbocycles. The lowest BCUT2D eigenvalue weighted by Gasteiger charge is -2.42. The molecule has 1 aliphatic heterocycles. The van der Waals surface area contributed by atoms with Crippen LogP contribution in [0, 0.1) is 6.92 Å². The Hall–Kier alpha value is -2.34. The lowest BCUT2D eigenvalue weighted by atomic mass is 9.89. The molecular formula is C22H30N4O2. The summed E-state index contributed by atoms with van der Waals surface area (Å²) in [5.41, 5.74) is 2.83. The molecule has 2 aliphatic rings. The summed E-state index contributed by atoms with van der Waals surface area (Å²) in [4.78, 5) is 32.0. The number of aromatic nitrogens is 1. The topological polar surface area (TPSA) is 68.4 Å². The van der Waals surface area contributed by atoms with Gasteiger partial charge in [-0.3, -0.25) is 14.5 Å². The summed E-state index contributed by atoms with van der Waals surface area (Å²) < 4.78 is 0. The maximum absolute atomic E-state index is 12.8. The number of hydrogen-bond donors (Lipinski definition) is 2. The summed E-state index contributed by atoms with van der Waals surface area (Å²) in [6.07, 6.45) is 4.34. The van der Waals surface area contributed by atoms with Gasteiger partial charge in [0, 0.05) is 56.1 Å². The summed E-state index contributed by atoms with van der Waals surface area (Å²) >= 11 is 0. The molecule has 0 unspecified atom stereocenters. The third-order valence-electron chi connectivity index (χ3n) is 6.37. The van der Waals surface area contributed by atoms with Crippen molar-refractivity contribution in [2.75, 3.05) is 26.2 Å². The van der Waals surface area contributed by atoms with Crippen molar-refractivity contribution >= 4 is 22.7 Å². The van der Waals surface area contributed by atoms with E-state index in [4.69, 9.17) is 0 Å². The van der Waals surface area contributed by atoms with Gasteiger partial charge in [0.2, 0.25) is 5.91 Å². The number of aryl methyl sites for hydroxylation is 1. The van der Waals surface area contributed by atoms with Gasteiger partial charge in [-0.2, -0.15) is 0 Å². The molecule has 1 saturated carbocycles. The van der Waals surface area contributed by atoms with Gasteiger partial charge in [-0.05, 0) is 44.2 Å². The lowest BCUT2D eigenvalue weighted by Crippen LogP contribution is -2.54. The quantitative estimate of drug-likeness (QED) is 0.858.